The monoisotopic (exact) mass is 258 g/mol. The van der Waals surface area contributed by atoms with Gasteiger partial charge in [-0.3, -0.25) is 9.69 Å². The number of aromatic nitrogens is 1. The number of aryl methyl sites for hydroxylation is 1. The molecule has 1 aromatic heterocycles. The van der Waals surface area contributed by atoms with E-state index in [1.165, 1.54) is 4.88 Å². The van der Waals surface area contributed by atoms with Gasteiger partial charge in [0.15, 0.2) is 0 Å². The van der Waals surface area contributed by atoms with Gasteiger partial charge in [-0.2, -0.15) is 0 Å². The van der Waals surface area contributed by atoms with E-state index in [1.807, 2.05) is 17.3 Å². The largest absolute Gasteiger partial charge is 0.480 e. The molecule has 6 heteroatoms. The molecule has 1 aromatic rings. The zero-order valence-corrected chi connectivity index (χ0v) is 11.0. The van der Waals surface area contributed by atoms with Gasteiger partial charge in [0, 0.05) is 25.1 Å². The molecule has 0 amide bonds. The topological polar surface area (TPSA) is 62.7 Å². The average Bonchev–Trinajstić information content (AvgIpc) is 2.67. The minimum atomic E-state index is -0.804. The standard InChI is InChI=1S/C11H18N2O3S/c1-9-10(17-8-12-9)3-4-13(5-6-16-2)7-11(14)15/h8H,3-7H2,1-2H3,(H,14,15). The van der Waals surface area contributed by atoms with Gasteiger partial charge >= 0.3 is 5.97 Å². The van der Waals surface area contributed by atoms with Gasteiger partial charge in [0.05, 0.1) is 24.4 Å². The Morgan fingerprint density at radius 2 is 2.35 bits per heavy atom. The van der Waals surface area contributed by atoms with Gasteiger partial charge < -0.3 is 9.84 Å². The van der Waals surface area contributed by atoms with Crippen molar-refractivity contribution in [2.45, 2.75) is 13.3 Å². The minimum Gasteiger partial charge on any atom is -0.480 e. The number of hydrogen-bond acceptors (Lipinski definition) is 5. The predicted octanol–water partition coefficient (Wildman–Crippen LogP) is 1.03. The molecule has 17 heavy (non-hydrogen) atoms. The van der Waals surface area contributed by atoms with E-state index < -0.39 is 5.97 Å². The van der Waals surface area contributed by atoms with Crippen LogP contribution in [0.15, 0.2) is 5.51 Å². The van der Waals surface area contributed by atoms with E-state index in [9.17, 15) is 4.79 Å². The number of carboxylic acid groups (broad SMARTS) is 1. The third-order valence-corrected chi connectivity index (χ3v) is 3.47. The summed E-state index contributed by atoms with van der Waals surface area (Å²) in [5.74, 6) is -0.804. The van der Waals surface area contributed by atoms with Gasteiger partial charge in [-0.25, -0.2) is 4.98 Å². The Morgan fingerprint density at radius 1 is 1.59 bits per heavy atom. The molecule has 0 aliphatic rings. The molecule has 1 N–H and O–H groups in total. The second kappa shape index (κ2) is 7.37. The lowest BCUT2D eigenvalue weighted by Crippen LogP contribution is -2.34. The summed E-state index contributed by atoms with van der Waals surface area (Å²) in [6, 6.07) is 0. The van der Waals surface area contributed by atoms with Crippen molar-refractivity contribution < 1.29 is 14.6 Å². The van der Waals surface area contributed by atoms with Crippen molar-refractivity contribution in [3.63, 3.8) is 0 Å². The first kappa shape index (κ1) is 14.1. The van der Waals surface area contributed by atoms with E-state index in [4.69, 9.17) is 9.84 Å². The first-order valence-corrected chi connectivity index (χ1v) is 6.33. The second-order valence-electron chi connectivity index (χ2n) is 3.77. The summed E-state index contributed by atoms with van der Waals surface area (Å²) in [4.78, 5) is 18.0. The fourth-order valence-corrected chi connectivity index (χ4v) is 2.28. The normalized spacial score (nSPS) is 11.0. The van der Waals surface area contributed by atoms with Crippen molar-refractivity contribution in [1.29, 1.82) is 0 Å². The molecule has 0 saturated heterocycles. The molecule has 1 heterocycles. The Balaban J connectivity index is 2.42. The molecule has 0 saturated carbocycles. The molecule has 0 spiro atoms. The highest BCUT2D eigenvalue weighted by molar-refractivity contribution is 7.09. The lowest BCUT2D eigenvalue weighted by atomic mass is 10.3. The SMILES string of the molecule is COCCN(CCc1scnc1C)CC(=O)O. The summed E-state index contributed by atoms with van der Waals surface area (Å²) >= 11 is 1.62. The van der Waals surface area contributed by atoms with Crippen molar-refractivity contribution in [2.24, 2.45) is 0 Å². The fourth-order valence-electron chi connectivity index (χ4n) is 1.51. The number of aliphatic carboxylic acids is 1. The van der Waals surface area contributed by atoms with Crippen molar-refractivity contribution in [3.05, 3.63) is 16.1 Å². The van der Waals surface area contributed by atoms with E-state index in [1.54, 1.807) is 18.4 Å². The van der Waals surface area contributed by atoms with E-state index in [0.717, 1.165) is 18.7 Å². The number of rotatable bonds is 8. The Bertz CT molecular complexity index is 354. The number of thiazole rings is 1. The summed E-state index contributed by atoms with van der Waals surface area (Å²) in [7, 11) is 1.62. The van der Waals surface area contributed by atoms with Crippen LogP contribution in [-0.4, -0.2) is 54.3 Å². The van der Waals surface area contributed by atoms with Gasteiger partial charge in [0.2, 0.25) is 0 Å². The highest BCUT2D eigenvalue weighted by Gasteiger charge is 2.10. The minimum absolute atomic E-state index is 0.0568. The van der Waals surface area contributed by atoms with Gasteiger partial charge in [0.25, 0.3) is 0 Å². The van der Waals surface area contributed by atoms with Gasteiger partial charge in [0.1, 0.15) is 0 Å². The van der Waals surface area contributed by atoms with Crippen LogP contribution in [0.2, 0.25) is 0 Å². The first-order valence-electron chi connectivity index (χ1n) is 5.45. The molecule has 0 atom stereocenters. The van der Waals surface area contributed by atoms with Crippen molar-refractivity contribution >= 4 is 17.3 Å². The zero-order chi connectivity index (χ0) is 12.7. The van der Waals surface area contributed by atoms with Crippen molar-refractivity contribution in [1.82, 2.24) is 9.88 Å². The van der Waals surface area contributed by atoms with Crippen LogP contribution in [0, 0.1) is 6.92 Å². The molecule has 1 rings (SSSR count). The molecule has 0 fully saturated rings. The summed E-state index contributed by atoms with van der Waals surface area (Å²) in [6.07, 6.45) is 0.841. The fraction of sp³-hybridized carbons (Fsp3) is 0.636. The van der Waals surface area contributed by atoms with Crippen LogP contribution in [-0.2, 0) is 16.0 Å². The summed E-state index contributed by atoms with van der Waals surface area (Å²) in [5, 5.41) is 8.80. The summed E-state index contributed by atoms with van der Waals surface area (Å²) < 4.78 is 4.97. The smallest absolute Gasteiger partial charge is 0.317 e. The summed E-state index contributed by atoms with van der Waals surface area (Å²) in [6.45, 7) is 3.94. The maximum Gasteiger partial charge on any atom is 0.317 e. The van der Waals surface area contributed by atoms with E-state index >= 15 is 0 Å². The maximum absolute atomic E-state index is 10.7. The number of carboxylic acids is 1. The number of ether oxygens (including phenoxy) is 1. The third kappa shape index (κ3) is 5.25. The predicted molar refractivity (Wildman–Crippen MR) is 66.5 cm³/mol. The molecule has 0 aromatic carbocycles. The quantitative estimate of drug-likeness (QED) is 0.754. The Labute approximate surface area is 105 Å². The molecule has 5 nitrogen and oxygen atoms in total. The van der Waals surface area contributed by atoms with Gasteiger partial charge in [-0.15, -0.1) is 11.3 Å². The molecule has 0 aliphatic heterocycles. The molecule has 0 aliphatic carbocycles. The van der Waals surface area contributed by atoms with Crippen LogP contribution in [0.4, 0.5) is 0 Å². The molecular formula is C11H18N2O3S. The molecule has 96 valence electrons. The average molecular weight is 258 g/mol. The molecule has 0 radical (unpaired) electrons. The lowest BCUT2D eigenvalue weighted by molar-refractivity contribution is -0.138. The first-order chi connectivity index (χ1) is 8.13. The van der Waals surface area contributed by atoms with Crippen LogP contribution in [0.1, 0.15) is 10.6 Å². The zero-order valence-electron chi connectivity index (χ0n) is 10.2. The Hall–Kier alpha value is -0.980. The summed E-state index contributed by atoms with van der Waals surface area (Å²) in [5.41, 5.74) is 2.86. The second-order valence-corrected chi connectivity index (χ2v) is 4.71. The highest BCUT2D eigenvalue weighted by atomic mass is 32.1. The van der Waals surface area contributed by atoms with Crippen LogP contribution >= 0.6 is 11.3 Å². The third-order valence-electron chi connectivity index (χ3n) is 2.47. The number of methoxy groups -OCH3 is 1. The van der Waals surface area contributed by atoms with Crippen molar-refractivity contribution in [3.8, 4) is 0 Å². The van der Waals surface area contributed by atoms with Crippen LogP contribution in [0.5, 0.6) is 0 Å². The van der Waals surface area contributed by atoms with Crippen molar-refractivity contribution in [2.75, 3.05) is 33.4 Å². The van der Waals surface area contributed by atoms with E-state index in [-0.39, 0.29) is 6.54 Å². The van der Waals surface area contributed by atoms with Crippen LogP contribution in [0.3, 0.4) is 0 Å². The van der Waals surface area contributed by atoms with Crippen LogP contribution < -0.4 is 0 Å². The molecular weight excluding hydrogens is 240 g/mol. The number of nitrogens with zero attached hydrogens (tertiary/aromatic N) is 2. The molecule has 0 bridgehead atoms. The number of carbonyl (C=O) groups is 1. The van der Waals surface area contributed by atoms with Gasteiger partial charge in [-0.05, 0) is 13.3 Å². The maximum atomic E-state index is 10.7. The van der Waals surface area contributed by atoms with E-state index in [2.05, 4.69) is 4.98 Å². The Kier molecular flexibility index (Phi) is 6.10. The Morgan fingerprint density at radius 3 is 2.88 bits per heavy atom. The lowest BCUT2D eigenvalue weighted by Gasteiger charge is -2.19. The highest BCUT2D eigenvalue weighted by Crippen LogP contribution is 2.13. The molecule has 0 unspecified atom stereocenters. The van der Waals surface area contributed by atoms with Gasteiger partial charge in [-0.1, -0.05) is 0 Å². The van der Waals surface area contributed by atoms with E-state index in [0.29, 0.717) is 13.2 Å². The number of hydrogen-bond donors (Lipinski definition) is 1. The van der Waals surface area contributed by atoms with Crippen LogP contribution in [0.25, 0.3) is 0 Å².